The lowest BCUT2D eigenvalue weighted by atomic mass is 9.64. The Morgan fingerprint density at radius 3 is 1.23 bits per heavy atom. The van der Waals surface area contributed by atoms with Gasteiger partial charge in [-0.2, -0.15) is 0 Å². The lowest BCUT2D eigenvalue weighted by Gasteiger charge is -2.37. The highest BCUT2D eigenvalue weighted by Crippen LogP contribution is 2.45. The van der Waals surface area contributed by atoms with E-state index in [0.717, 1.165) is 33.4 Å². The first kappa shape index (κ1) is 21.0. The van der Waals surface area contributed by atoms with Crippen LogP contribution in [0.2, 0.25) is 0 Å². The topological polar surface area (TPSA) is 40.5 Å². The van der Waals surface area contributed by atoms with Gasteiger partial charge >= 0.3 is 0 Å². The van der Waals surface area contributed by atoms with E-state index in [0.29, 0.717) is 0 Å². The van der Waals surface area contributed by atoms with E-state index in [1.807, 2.05) is 24.3 Å². The molecule has 156 valence electrons. The number of hydrogen-bond acceptors (Lipinski definition) is 2. The minimum atomic E-state index is -0.528. The molecule has 0 aromatic heterocycles. The van der Waals surface area contributed by atoms with Crippen molar-refractivity contribution in [2.24, 2.45) is 0 Å². The lowest BCUT2D eigenvalue weighted by molar-refractivity contribution is 0.281. The van der Waals surface area contributed by atoms with Crippen LogP contribution in [0.3, 0.4) is 0 Å². The molecule has 31 heavy (non-hydrogen) atoms. The zero-order chi connectivity index (χ0) is 21.8. The van der Waals surface area contributed by atoms with E-state index in [2.05, 4.69) is 86.6 Å². The third-order valence-corrected chi connectivity index (χ3v) is 6.31. The minimum absolute atomic E-state index is 0.0279. The van der Waals surface area contributed by atoms with Crippen LogP contribution in [0.1, 0.15) is 44.5 Å². The van der Waals surface area contributed by atoms with Crippen LogP contribution in [0.25, 0.3) is 0 Å². The van der Waals surface area contributed by atoms with Crippen molar-refractivity contribution < 1.29 is 10.2 Å². The van der Waals surface area contributed by atoms with Crippen molar-refractivity contribution in [2.75, 3.05) is 0 Å². The fourth-order valence-electron chi connectivity index (χ4n) is 4.59. The second kappa shape index (κ2) is 8.89. The molecule has 0 heterocycles. The third-order valence-electron chi connectivity index (χ3n) is 6.31. The van der Waals surface area contributed by atoms with E-state index < -0.39 is 5.41 Å². The second-order valence-corrected chi connectivity index (χ2v) is 8.08. The zero-order valence-corrected chi connectivity index (χ0v) is 18.0. The molecule has 0 aliphatic rings. The first-order valence-electron chi connectivity index (χ1n) is 10.6. The van der Waals surface area contributed by atoms with Crippen molar-refractivity contribution in [3.8, 4) is 0 Å². The molecular weight excluding hydrogens is 380 g/mol. The van der Waals surface area contributed by atoms with Crippen LogP contribution in [-0.4, -0.2) is 10.2 Å². The average molecular weight is 409 g/mol. The maximum atomic E-state index is 9.73. The van der Waals surface area contributed by atoms with Gasteiger partial charge in [0.05, 0.1) is 18.6 Å². The van der Waals surface area contributed by atoms with Crippen molar-refractivity contribution in [1.82, 2.24) is 0 Å². The molecule has 2 heteroatoms. The average Bonchev–Trinajstić information content (AvgIpc) is 2.81. The van der Waals surface area contributed by atoms with Crippen molar-refractivity contribution in [3.63, 3.8) is 0 Å². The van der Waals surface area contributed by atoms with Crippen LogP contribution in [0.15, 0.2) is 97.1 Å². The highest BCUT2D eigenvalue weighted by Gasteiger charge is 2.38. The first-order chi connectivity index (χ1) is 15.1. The van der Waals surface area contributed by atoms with Gasteiger partial charge in [-0.05, 0) is 58.4 Å². The molecule has 4 aromatic carbocycles. The molecule has 0 saturated carbocycles. The Morgan fingerprint density at radius 1 is 0.516 bits per heavy atom. The molecule has 0 aliphatic heterocycles. The van der Waals surface area contributed by atoms with Gasteiger partial charge in [-0.25, -0.2) is 0 Å². The van der Waals surface area contributed by atoms with Gasteiger partial charge in [0.2, 0.25) is 0 Å². The van der Waals surface area contributed by atoms with E-state index in [9.17, 15) is 10.2 Å². The molecule has 0 radical (unpaired) electrons. The zero-order valence-electron chi connectivity index (χ0n) is 18.0. The fraction of sp³-hybridized carbons (Fsp3) is 0.172. The van der Waals surface area contributed by atoms with Gasteiger partial charge < -0.3 is 10.2 Å². The Morgan fingerprint density at radius 2 is 0.903 bits per heavy atom. The number of aliphatic hydroxyl groups excluding tert-OH is 2. The van der Waals surface area contributed by atoms with E-state index in [1.54, 1.807) is 0 Å². The van der Waals surface area contributed by atoms with Crippen LogP contribution in [0.5, 0.6) is 0 Å². The first-order valence-corrected chi connectivity index (χ1v) is 10.6. The summed E-state index contributed by atoms with van der Waals surface area (Å²) in [5.74, 6) is 0. The molecular formula is C29H28O2. The Kier molecular flexibility index (Phi) is 6.03. The molecule has 0 unspecified atom stereocenters. The maximum Gasteiger partial charge on any atom is 0.0701 e. The summed E-state index contributed by atoms with van der Waals surface area (Å²) in [4.78, 5) is 0. The van der Waals surface area contributed by atoms with Gasteiger partial charge in [0.25, 0.3) is 0 Å². The fourth-order valence-corrected chi connectivity index (χ4v) is 4.59. The van der Waals surface area contributed by atoms with Gasteiger partial charge in [0.15, 0.2) is 0 Å². The van der Waals surface area contributed by atoms with Crippen molar-refractivity contribution in [1.29, 1.82) is 0 Å². The van der Waals surface area contributed by atoms with Gasteiger partial charge in [0, 0.05) is 0 Å². The largest absolute Gasteiger partial charge is 0.392 e. The van der Waals surface area contributed by atoms with Gasteiger partial charge in [-0.1, -0.05) is 97.1 Å². The van der Waals surface area contributed by atoms with E-state index >= 15 is 0 Å². The quantitative estimate of drug-likeness (QED) is 0.404. The SMILES string of the molecule is Cc1cc(C(c2ccccc2)(c2ccccc2)c2ccc(CO)c(C)c2)ccc1CO. The molecule has 2 nitrogen and oxygen atoms in total. The molecule has 0 saturated heterocycles. The summed E-state index contributed by atoms with van der Waals surface area (Å²) in [7, 11) is 0. The smallest absolute Gasteiger partial charge is 0.0701 e. The van der Waals surface area contributed by atoms with Crippen LogP contribution < -0.4 is 0 Å². The highest BCUT2D eigenvalue weighted by molar-refractivity contribution is 5.61. The molecule has 0 fully saturated rings. The van der Waals surface area contributed by atoms with E-state index in [4.69, 9.17) is 0 Å². The third kappa shape index (κ3) is 3.69. The number of aryl methyl sites for hydroxylation is 2. The van der Waals surface area contributed by atoms with Crippen LogP contribution >= 0.6 is 0 Å². The van der Waals surface area contributed by atoms with Crippen molar-refractivity contribution in [3.05, 3.63) is 142 Å². The Labute approximate surface area is 184 Å². The van der Waals surface area contributed by atoms with Crippen molar-refractivity contribution >= 4 is 0 Å². The van der Waals surface area contributed by atoms with E-state index in [-0.39, 0.29) is 13.2 Å². The molecule has 0 bridgehead atoms. The molecule has 4 rings (SSSR count). The van der Waals surface area contributed by atoms with Crippen LogP contribution in [-0.2, 0) is 18.6 Å². The number of aliphatic hydroxyl groups is 2. The second-order valence-electron chi connectivity index (χ2n) is 8.08. The van der Waals surface area contributed by atoms with Crippen LogP contribution in [0.4, 0.5) is 0 Å². The lowest BCUT2D eigenvalue weighted by Crippen LogP contribution is -2.31. The normalized spacial score (nSPS) is 11.5. The van der Waals surface area contributed by atoms with Gasteiger partial charge in [-0.15, -0.1) is 0 Å². The van der Waals surface area contributed by atoms with Crippen molar-refractivity contribution in [2.45, 2.75) is 32.5 Å². The van der Waals surface area contributed by atoms with Gasteiger partial charge in [-0.3, -0.25) is 0 Å². The van der Waals surface area contributed by atoms with E-state index in [1.165, 1.54) is 11.1 Å². The molecule has 2 N–H and O–H groups in total. The number of rotatable bonds is 6. The van der Waals surface area contributed by atoms with Gasteiger partial charge in [0.1, 0.15) is 0 Å². The molecule has 0 spiro atoms. The highest BCUT2D eigenvalue weighted by atomic mass is 16.3. The summed E-state index contributed by atoms with van der Waals surface area (Å²) in [6, 6.07) is 33.8. The maximum absolute atomic E-state index is 9.73. The number of hydrogen-bond donors (Lipinski definition) is 2. The summed E-state index contributed by atoms with van der Waals surface area (Å²) in [5, 5.41) is 19.5. The summed E-state index contributed by atoms with van der Waals surface area (Å²) in [6.07, 6.45) is 0. The summed E-state index contributed by atoms with van der Waals surface area (Å²) in [5.41, 5.74) is 8.13. The molecule has 4 aromatic rings. The summed E-state index contributed by atoms with van der Waals surface area (Å²) >= 11 is 0. The number of benzene rings is 4. The Bertz CT molecular complexity index is 1070. The standard InChI is InChI=1S/C29H28O2/c1-21-17-27(15-13-23(21)19-30)29(25-9-5-3-6-10-25,26-11-7-4-8-12-26)28-16-14-24(20-31)22(2)18-28/h3-18,30-31H,19-20H2,1-2H3. The predicted molar refractivity (Wildman–Crippen MR) is 126 cm³/mol. The monoisotopic (exact) mass is 408 g/mol. The summed E-state index contributed by atoms with van der Waals surface area (Å²) in [6.45, 7) is 4.16. The van der Waals surface area contributed by atoms with Crippen LogP contribution in [0, 0.1) is 13.8 Å². The minimum Gasteiger partial charge on any atom is -0.392 e. The molecule has 0 amide bonds. The predicted octanol–water partition coefficient (Wildman–Crippen LogP) is 5.67. The molecule has 0 atom stereocenters. The Balaban J connectivity index is 2.12. The Hall–Kier alpha value is -3.20. The molecule has 0 aliphatic carbocycles. The summed E-state index contributed by atoms with van der Waals surface area (Å²) < 4.78 is 0.